The molecule has 5 heteroatoms. The fourth-order valence-corrected chi connectivity index (χ4v) is 3.46. The van der Waals surface area contributed by atoms with E-state index in [1.165, 1.54) is 5.56 Å². The lowest BCUT2D eigenvalue weighted by Gasteiger charge is -2.29. The zero-order chi connectivity index (χ0) is 19.5. The Balaban J connectivity index is 1.52. The van der Waals surface area contributed by atoms with Crippen molar-refractivity contribution in [2.75, 3.05) is 16.8 Å². The fourth-order valence-electron chi connectivity index (χ4n) is 3.46. The molecule has 2 aromatic carbocycles. The maximum absolute atomic E-state index is 13.0. The van der Waals surface area contributed by atoms with E-state index < -0.39 is 0 Å². The van der Waals surface area contributed by atoms with Gasteiger partial charge in [-0.3, -0.25) is 9.59 Å². The van der Waals surface area contributed by atoms with Gasteiger partial charge in [-0.1, -0.05) is 30.3 Å². The second-order valence-corrected chi connectivity index (χ2v) is 6.88. The van der Waals surface area contributed by atoms with Gasteiger partial charge >= 0.3 is 0 Å². The number of anilines is 3. The van der Waals surface area contributed by atoms with E-state index in [2.05, 4.69) is 16.4 Å². The number of carbonyl (C=O) groups excluding carboxylic acids is 2. The van der Waals surface area contributed by atoms with Crippen LogP contribution >= 0.6 is 0 Å². The highest BCUT2D eigenvalue weighted by atomic mass is 16.2. The number of hydrogen-bond donors (Lipinski definition) is 1. The molecular formula is C23H21N3O2. The van der Waals surface area contributed by atoms with Gasteiger partial charge in [0.1, 0.15) is 5.69 Å². The van der Waals surface area contributed by atoms with E-state index in [0.717, 1.165) is 29.9 Å². The minimum atomic E-state index is -0.0859. The van der Waals surface area contributed by atoms with Crippen LogP contribution in [0.25, 0.3) is 0 Å². The standard InChI is InChI=1S/C23H21N3O2/c1-16(27)18-7-4-9-19(14-18)25-20-11-12-21(24-15-20)23(28)26-13-5-8-17-6-2-3-10-22(17)26/h2-4,6-7,9-12,14-15,25H,5,8,13H2,1H3. The molecule has 0 atom stereocenters. The van der Waals surface area contributed by atoms with Crippen LogP contribution in [-0.4, -0.2) is 23.2 Å². The summed E-state index contributed by atoms with van der Waals surface area (Å²) in [5.41, 5.74) is 4.80. The third-order valence-corrected chi connectivity index (χ3v) is 4.90. The zero-order valence-electron chi connectivity index (χ0n) is 15.7. The summed E-state index contributed by atoms with van der Waals surface area (Å²) in [5, 5.41) is 3.22. The van der Waals surface area contributed by atoms with Crippen LogP contribution in [-0.2, 0) is 6.42 Å². The van der Waals surface area contributed by atoms with Crippen LogP contribution in [0.15, 0.2) is 66.9 Å². The van der Waals surface area contributed by atoms with Crippen LogP contribution < -0.4 is 10.2 Å². The number of pyridine rings is 1. The van der Waals surface area contributed by atoms with Crippen molar-refractivity contribution in [2.24, 2.45) is 0 Å². The number of fused-ring (bicyclic) bond motifs is 1. The maximum Gasteiger partial charge on any atom is 0.276 e. The molecule has 0 radical (unpaired) electrons. The van der Waals surface area contributed by atoms with Crippen molar-refractivity contribution >= 4 is 28.8 Å². The number of para-hydroxylation sites is 1. The average Bonchev–Trinajstić information content (AvgIpc) is 2.73. The molecule has 0 saturated carbocycles. The van der Waals surface area contributed by atoms with E-state index in [-0.39, 0.29) is 11.7 Å². The van der Waals surface area contributed by atoms with Gasteiger partial charge in [0.15, 0.2) is 5.78 Å². The van der Waals surface area contributed by atoms with Crippen LogP contribution in [0, 0.1) is 0 Å². The lowest BCUT2D eigenvalue weighted by molar-refractivity contribution is 0.0978. The highest BCUT2D eigenvalue weighted by Crippen LogP contribution is 2.28. The first kappa shape index (κ1) is 17.9. The van der Waals surface area contributed by atoms with E-state index >= 15 is 0 Å². The Bertz CT molecular complexity index is 1030. The second-order valence-electron chi connectivity index (χ2n) is 6.88. The minimum Gasteiger partial charge on any atom is -0.354 e. The molecule has 0 spiro atoms. The van der Waals surface area contributed by atoms with Crippen molar-refractivity contribution in [1.29, 1.82) is 0 Å². The molecule has 1 aromatic heterocycles. The summed E-state index contributed by atoms with van der Waals surface area (Å²) < 4.78 is 0. The SMILES string of the molecule is CC(=O)c1cccc(Nc2ccc(C(=O)N3CCCc4ccccc43)nc2)c1. The monoisotopic (exact) mass is 371 g/mol. The van der Waals surface area contributed by atoms with E-state index in [1.807, 2.05) is 41.3 Å². The predicted octanol–water partition coefficient (Wildman–Crippen LogP) is 4.62. The third kappa shape index (κ3) is 3.64. The highest BCUT2D eigenvalue weighted by Gasteiger charge is 2.23. The Morgan fingerprint density at radius 2 is 1.86 bits per heavy atom. The van der Waals surface area contributed by atoms with Crippen molar-refractivity contribution < 1.29 is 9.59 Å². The topological polar surface area (TPSA) is 62.3 Å². The summed E-state index contributed by atoms with van der Waals surface area (Å²) in [6.45, 7) is 2.25. The number of benzene rings is 2. The molecule has 3 aromatic rings. The summed E-state index contributed by atoms with van der Waals surface area (Å²) in [4.78, 5) is 30.7. The van der Waals surface area contributed by atoms with Gasteiger partial charge in [-0.15, -0.1) is 0 Å². The predicted molar refractivity (Wildman–Crippen MR) is 110 cm³/mol. The summed E-state index contributed by atoms with van der Waals surface area (Å²) in [5.74, 6) is -0.0678. The third-order valence-electron chi connectivity index (χ3n) is 4.90. The molecule has 1 amide bonds. The summed E-state index contributed by atoms with van der Waals surface area (Å²) in [7, 11) is 0. The van der Waals surface area contributed by atoms with Gasteiger partial charge in [0.25, 0.3) is 5.91 Å². The van der Waals surface area contributed by atoms with Crippen molar-refractivity contribution in [3.8, 4) is 0 Å². The zero-order valence-corrected chi connectivity index (χ0v) is 15.7. The van der Waals surface area contributed by atoms with E-state index in [9.17, 15) is 9.59 Å². The number of nitrogens with one attached hydrogen (secondary N) is 1. The molecule has 0 bridgehead atoms. The molecule has 140 valence electrons. The molecule has 0 fully saturated rings. The lowest BCUT2D eigenvalue weighted by Crippen LogP contribution is -2.35. The van der Waals surface area contributed by atoms with Crippen LogP contribution in [0.3, 0.4) is 0 Å². The van der Waals surface area contributed by atoms with Crippen molar-refractivity contribution in [1.82, 2.24) is 4.98 Å². The highest BCUT2D eigenvalue weighted by molar-refractivity contribution is 6.05. The molecule has 1 aliphatic rings. The van der Waals surface area contributed by atoms with Gasteiger partial charge in [0, 0.05) is 23.5 Å². The van der Waals surface area contributed by atoms with E-state index in [1.54, 1.807) is 31.3 Å². The van der Waals surface area contributed by atoms with Crippen molar-refractivity contribution in [3.63, 3.8) is 0 Å². The molecule has 4 rings (SSSR count). The number of Topliss-reactive ketones (excluding diaryl/α,β-unsaturated/α-hetero) is 1. The second kappa shape index (κ2) is 7.64. The number of aromatic nitrogens is 1. The minimum absolute atomic E-state index is 0.0181. The van der Waals surface area contributed by atoms with Gasteiger partial charge in [0.05, 0.1) is 11.9 Å². The lowest BCUT2D eigenvalue weighted by atomic mass is 10.0. The molecule has 28 heavy (non-hydrogen) atoms. The Morgan fingerprint density at radius 3 is 2.64 bits per heavy atom. The number of ketones is 1. The summed E-state index contributed by atoms with van der Waals surface area (Å²) >= 11 is 0. The van der Waals surface area contributed by atoms with Crippen LogP contribution in [0.2, 0.25) is 0 Å². The first-order chi connectivity index (χ1) is 13.6. The maximum atomic E-state index is 13.0. The van der Waals surface area contributed by atoms with Crippen molar-refractivity contribution in [2.45, 2.75) is 19.8 Å². The van der Waals surface area contributed by atoms with Gasteiger partial charge < -0.3 is 10.2 Å². The Kier molecular flexibility index (Phi) is 4.89. The number of amides is 1. The summed E-state index contributed by atoms with van der Waals surface area (Å²) in [6.07, 6.45) is 3.59. The molecule has 2 heterocycles. The Hall–Kier alpha value is -3.47. The Labute approximate surface area is 164 Å². The quantitative estimate of drug-likeness (QED) is 0.680. The normalized spacial score (nSPS) is 13.0. The molecule has 0 aliphatic carbocycles. The number of nitrogens with zero attached hydrogens (tertiary/aromatic N) is 2. The van der Waals surface area contributed by atoms with Gasteiger partial charge in [-0.05, 0) is 55.7 Å². The van der Waals surface area contributed by atoms with Crippen LogP contribution in [0.5, 0.6) is 0 Å². The first-order valence-corrected chi connectivity index (χ1v) is 9.36. The van der Waals surface area contributed by atoms with E-state index in [4.69, 9.17) is 0 Å². The Morgan fingerprint density at radius 1 is 1.00 bits per heavy atom. The molecule has 0 unspecified atom stereocenters. The first-order valence-electron chi connectivity index (χ1n) is 9.36. The number of rotatable bonds is 4. The summed E-state index contributed by atoms with van der Waals surface area (Å²) in [6, 6.07) is 18.9. The largest absolute Gasteiger partial charge is 0.354 e. The fraction of sp³-hybridized carbons (Fsp3) is 0.174. The van der Waals surface area contributed by atoms with Crippen LogP contribution in [0.1, 0.15) is 39.8 Å². The van der Waals surface area contributed by atoms with Gasteiger partial charge in [0.2, 0.25) is 0 Å². The van der Waals surface area contributed by atoms with E-state index in [0.29, 0.717) is 17.8 Å². The number of carbonyl (C=O) groups is 2. The van der Waals surface area contributed by atoms with Crippen molar-refractivity contribution in [3.05, 3.63) is 83.7 Å². The van der Waals surface area contributed by atoms with Crippen LogP contribution in [0.4, 0.5) is 17.1 Å². The average molecular weight is 371 g/mol. The number of hydrogen-bond acceptors (Lipinski definition) is 4. The molecular weight excluding hydrogens is 350 g/mol. The molecule has 0 saturated heterocycles. The van der Waals surface area contributed by atoms with Gasteiger partial charge in [-0.25, -0.2) is 4.98 Å². The molecule has 1 aliphatic heterocycles. The van der Waals surface area contributed by atoms with Gasteiger partial charge in [-0.2, -0.15) is 0 Å². The smallest absolute Gasteiger partial charge is 0.276 e. The molecule has 1 N–H and O–H groups in total. The number of aryl methyl sites for hydroxylation is 1. The molecule has 5 nitrogen and oxygen atoms in total.